The Morgan fingerprint density at radius 1 is 0.594 bits per heavy atom. The minimum atomic E-state index is -0.631. The van der Waals surface area contributed by atoms with Crippen LogP contribution in [0.3, 0.4) is 0 Å². The molecular weight excluding hydrogens is 406 g/mol. The summed E-state index contributed by atoms with van der Waals surface area (Å²) in [5.74, 6) is -1.26. The van der Waals surface area contributed by atoms with Gasteiger partial charge in [-0.25, -0.2) is 18.7 Å². The molecule has 32 heavy (non-hydrogen) atoms. The molecule has 2 aliphatic rings. The number of fused-ring (bicyclic) bond motifs is 8. The molecular formula is C26H16F2N4. The molecule has 0 spiro atoms. The zero-order valence-corrected chi connectivity index (χ0v) is 16.7. The van der Waals surface area contributed by atoms with Crippen LogP contribution < -0.4 is 0 Å². The Bertz CT molecular complexity index is 1580. The van der Waals surface area contributed by atoms with Gasteiger partial charge in [0.05, 0.1) is 28.3 Å². The first-order chi connectivity index (χ1) is 15.6. The van der Waals surface area contributed by atoms with Gasteiger partial charge in [-0.1, -0.05) is 6.07 Å². The summed E-state index contributed by atoms with van der Waals surface area (Å²) in [7, 11) is 0. The number of nitrogens with one attached hydrogen (secondary N) is 2. The van der Waals surface area contributed by atoms with Crippen molar-refractivity contribution in [2.75, 3.05) is 0 Å². The fraction of sp³-hybridized carbons (Fsp3) is 0. The van der Waals surface area contributed by atoms with Crippen molar-refractivity contribution in [2.45, 2.75) is 0 Å². The fourth-order valence-corrected chi connectivity index (χ4v) is 3.97. The number of aromatic nitrogens is 4. The van der Waals surface area contributed by atoms with Gasteiger partial charge in [-0.2, -0.15) is 0 Å². The molecule has 0 fully saturated rings. The largest absolute Gasteiger partial charge is 0.355 e. The second kappa shape index (κ2) is 7.13. The number of aromatic amines is 2. The van der Waals surface area contributed by atoms with Crippen molar-refractivity contribution in [1.82, 2.24) is 19.9 Å². The molecule has 0 radical (unpaired) electrons. The van der Waals surface area contributed by atoms with Gasteiger partial charge >= 0.3 is 0 Å². The first kappa shape index (κ1) is 18.4. The summed E-state index contributed by atoms with van der Waals surface area (Å²) >= 11 is 0. The Morgan fingerprint density at radius 3 is 1.81 bits per heavy atom. The van der Waals surface area contributed by atoms with E-state index in [2.05, 4.69) is 19.9 Å². The smallest absolute Gasteiger partial charge is 0.134 e. The molecule has 6 heteroatoms. The molecule has 154 valence electrons. The van der Waals surface area contributed by atoms with E-state index in [4.69, 9.17) is 0 Å². The SMILES string of the molecule is Fc1cccc(F)c1C1=Cc2cc3ccc(cc4ccc(cc5nc(cc1n2)C=C5)[nH]4)[nH]3. The maximum absolute atomic E-state index is 14.6. The highest BCUT2D eigenvalue weighted by Gasteiger charge is 2.20. The summed E-state index contributed by atoms with van der Waals surface area (Å²) in [5, 5.41) is 0. The molecule has 6 rings (SSSR count). The molecule has 4 nitrogen and oxygen atoms in total. The van der Waals surface area contributed by atoms with E-state index in [1.807, 2.05) is 54.6 Å². The van der Waals surface area contributed by atoms with Crippen molar-refractivity contribution in [3.05, 3.63) is 107 Å². The van der Waals surface area contributed by atoms with E-state index in [0.29, 0.717) is 22.7 Å². The highest BCUT2D eigenvalue weighted by molar-refractivity contribution is 5.93. The van der Waals surface area contributed by atoms with Gasteiger partial charge in [0.25, 0.3) is 0 Å². The maximum atomic E-state index is 14.6. The van der Waals surface area contributed by atoms with Gasteiger partial charge in [0.2, 0.25) is 0 Å². The van der Waals surface area contributed by atoms with Crippen LogP contribution in [0.15, 0.2) is 66.7 Å². The normalized spacial score (nSPS) is 12.8. The summed E-state index contributed by atoms with van der Waals surface area (Å²) in [6.45, 7) is 0. The van der Waals surface area contributed by atoms with Gasteiger partial charge in [0, 0.05) is 27.6 Å². The average molecular weight is 422 g/mol. The highest BCUT2D eigenvalue weighted by atomic mass is 19.1. The van der Waals surface area contributed by atoms with E-state index < -0.39 is 11.6 Å². The van der Waals surface area contributed by atoms with Crippen molar-refractivity contribution >= 4 is 45.9 Å². The summed E-state index contributed by atoms with van der Waals surface area (Å²) in [6, 6.07) is 19.3. The van der Waals surface area contributed by atoms with E-state index in [1.54, 1.807) is 12.1 Å². The van der Waals surface area contributed by atoms with Crippen LogP contribution in [0.25, 0.3) is 45.9 Å². The lowest BCUT2D eigenvalue weighted by molar-refractivity contribution is 0.577. The Labute approximate surface area is 181 Å². The van der Waals surface area contributed by atoms with Crippen molar-refractivity contribution in [2.24, 2.45) is 0 Å². The molecule has 2 aliphatic heterocycles. The van der Waals surface area contributed by atoms with Crippen LogP contribution in [0.2, 0.25) is 0 Å². The van der Waals surface area contributed by atoms with E-state index in [9.17, 15) is 8.78 Å². The van der Waals surface area contributed by atoms with Crippen molar-refractivity contribution in [3.8, 4) is 0 Å². The Balaban J connectivity index is 1.67. The standard InChI is InChI=1S/C26H16F2N4/c27-23-2-1-3-24(28)26(23)22-13-21-12-19-7-6-17(30-19)10-15-4-5-16(29-15)11-18-8-9-20(31-18)14-25(22)32-21/h1-14,29-30H. The van der Waals surface area contributed by atoms with Crippen LogP contribution in [0.4, 0.5) is 8.78 Å². The van der Waals surface area contributed by atoms with Crippen molar-refractivity contribution < 1.29 is 8.78 Å². The fourth-order valence-electron chi connectivity index (χ4n) is 3.97. The number of nitrogens with zero attached hydrogens (tertiary/aromatic N) is 2. The first-order valence-electron chi connectivity index (χ1n) is 10.1. The molecule has 0 atom stereocenters. The van der Waals surface area contributed by atoms with Gasteiger partial charge in [-0.15, -0.1) is 0 Å². The number of hydrogen-bond acceptors (Lipinski definition) is 2. The van der Waals surface area contributed by atoms with E-state index in [0.717, 1.165) is 27.8 Å². The minimum absolute atomic E-state index is 0.0960. The summed E-state index contributed by atoms with van der Waals surface area (Å²) in [4.78, 5) is 15.9. The third kappa shape index (κ3) is 3.32. The van der Waals surface area contributed by atoms with E-state index in [1.165, 1.54) is 18.2 Å². The van der Waals surface area contributed by atoms with Crippen LogP contribution in [0.5, 0.6) is 0 Å². The van der Waals surface area contributed by atoms with Gasteiger partial charge in [0.1, 0.15) is 11.6 Å². The summed E-state index contributed by atoms with van der Waals surface area (Å²) in [5.41, 5.74) is 6.41. The molecule has 2 N–H and O–H groups in total. The van der Waals surface area contributed by atoms with Gasteiger partial charge < -0.3 is 9.97 Å². The molecule has 0 unspecified atom stereocenters. The third-order valence-electron chi connectivity index (χ3n) is 5.40. The number of rotatable bonds is 1. The predicted octanol–water partition coefficient (Wildman–Crippen LogP) is 6.35. The maximum Gasteiger partial charge on any atom is 0.134 e. The topological polar surface area (TPSA) is 57.4 Å². The second-order valence-electron chi connectivity index (χ2n) is 7.69. The van der Waals surface area contributed by atoms with Gasteiger partial charge in [0.15, 0.2) is 0 Å². The van der Waals surface area contributed by atoms with E-state index in [-0.39, 0.29) is 5.56 Å². The van der Waals surface area contributed by atoms with Crippen LogP contribution in [-0.4, -0.2) is 19.9 Å². The highest BCUT2D eigenvalue weighted by Crippen LogP contribution is 2.32. The second-order valence-corrected chi connectivity index (χ2v) is 7.69. The first-order valence-corrected chi connectivity index (χ1v) is 10.1. The van der Waals surface area contributed by atoms with E-state index >= 15 is 0 Å². The molecule has 3 aromatic heterocycles. The monoisotopic (exact) mass is 422 g/mol. The Hall–Kier alpha value is -4.32. The molecule has 0 aliphatic carbocycles. The molecule has 5 heterocycles. The van der Waals surface area contributed by atoms with Crippen molar-refractivity contribution in [3.63, 3.8) is 0 Å². The van der Waals surface area contributed by atoms with Crippen LogP contribution in [-0.2, 0) is 0 Å². The number of benzene rings is 1. The molecule has 1 aromatic carbocycles. The van der Waals surface area contributed by atoms with Crippen molar-refractivity contribution in [1.29, 1.82) is 0 Å². The average Bonchev–Trinajstić information content (AvgIpc) is 3.54. The lowest BCUT2D eigenvalue weighted by Gasteiger charge is -2.05. The lowest BCUT2D eigenvalue weighted by atomic mass is 10.0. The quantitative estimate of drug-likeness (QED) is 0.324. The van der Waals surface area contributed by atoms with Crippen LogP contribution >= 0.6 is 0 Å². The summed E-state index contributed by atoms with van der Waals surface area (Å²) < 4.78 is 29.2. The zero-order valence-electron chi connectivity index (χ0n) is 16.7. The summed E-state index contributed by atoms with van der Waals surface area (Å²) in [6.07, 6.45) is 5.45. The Kier molecular flexibility index (Phi) is 4.11. The third-order valence-corrected chi connectivity index (χ3v) is 5.40. The molecule has 8 bridgehead atoms. The van der Waals surface area contributed by atoms with Gasteiger partial charge in [-0.05, 0) is 78.9 Å². The Morgan fingerprint density at radius 2 is 1.16 bits per heavy atom. The van der Waals surface area contributed by atoms with Gasteiger partial charge in [-0.3, -0.25) is 0 Å². The lowest BCUT2D eigenvalue weighted by Crippen LogP contribution is -1.95. The minimum Gasteiger partial charge on any atom is -0.355 e. The van der Waals surface area contributed by atoms with Crippen LogP contribution in [0.1, 0.15) is 28.3 Å². The number of hydrogen-bond donors (Lipinski definition) is 2. The zero-order chi connectivity index (χ0) is 21.7. The predicted molar refractivity (Wildman–Crippen MR) is 123 cm³/mol. The number of H-pyrrole nitrogens is 2. The molecule has 0 saturated carbocycles. The number of halogens is 2. The molecule has 0 saturated heterocycles. The van der Waals surface area contributed by atoms with Crippen LogP contribution in [0, 0.1) is 11.6 Å². The molecule has 4 aromatic rings. The molecule has 0 amide bonds.